The molecule has 152 valence electrons. The maximum absolute atomic E-state index is 12.8. The number of carbonyl (C=O) groups is 1. The zero-order valence-corrected chi connectivity index (χ0v) is 17.6. The zero-order valence-electron chi connectivity index (χ0n) is 16.1. The summed E-state index contributed by atoms with van der Waals surface area (Å²) in [6.45, 7) is 0.381. The Labute approximate surface area is 184 Å². The third kappa shape index (κ3) is 4.07. The lowest BCUT2D eigenvalue weighted by Gasteiger charge is -2.14. The quantitative estimate of drug-likeness (QED) is 0.563. The number of rotatable bonds is 5. The third-order valence-electron chi connectivity index (χ3n) is 5.40. The molecular weight excluding hydrogens is 421 g/mol. The van der Waals surface area contributed by atoms with E-state index in [0.717, 1.165) is 24.0 Å². The Morgan fingerprint density at radius 2 is 1.77 bits per heavy atom. The van der Waals surface area contributed by atoms with Gasteiger partial charge in [-0.3, -0.25) is 4.79 Å². The molecule has 0 unspecified atom stereocenters. The van der Waals surface area contributed by atoms with Crippen LogP contribution in [-0.2, 0) is 19.4 Å². The molecule has 4 rings (SSSR count). The summed E-state index contributed by atoms with van der Waals surface area (Å²) in [5, 5.41) is 9.55. The van der Waals surface area contributed by atoms with Crippen LogP contribution in [-0.4, -0.2) is 15.6 Å². The van der Waals surface area contributed by atoms with Crippen LogP contribution in [0.4, 0.5) is 0 Å². The number of hydrogen-bond acceptors (Lipinski definition) is 2. The van der Waals surface area contributed by atoms with E-state index in [1.165, 1.54) is 17.2 Å². The molecule has 3 aromatic rings. The summed E-state index contributed by atoms with van der Waals surface area (Å²) in [5.41, 5.74) is 5.13. The Balaban J connectivity index is 1.69. The van der Waals surface area contributed by atoms with Gasteiger partial charge in [0.05, 0.1) is 16.3 Å². The summed E-state index contributed by atoms with van der Waals surface area (Å²) >= 11 is 12.6. The van der Waals surface area contributed by atoms with Crippen LogP contribution in [0.5, 0.6) is 0 Å². The molecule has 1 aliphatic rings. The van der Waals surface area contributed by atoms with Crippen molar-refractivity contribution in [1.29, 1.82) is 0 Å². The van der Waals surface area contributed by atoms with Gasteiger partial charge in [0.25, 0.3) is 5.56 Å². The van der Waals surface area contributed by atoms with Crippen molar-refractivity contribution in [3.8, 4) is 0 Å². The summed E-state index contributed by atoms with van der Waals surface area (Å²) in [4.78, 5) is 23.8. The van der Waals surface area contributed by atoms with Gasteiger partial charge < -0.3 is 9.67 Å². The molecule has 30 heavy (non-hydrogen) atoms. The van der Waals surface area contributed by atoms with Crippen molar-refractivity contribution in [2.45, 2.75) is 25.8 Å². The van der Waals surface area contributed by atoms with Crippen molar-refractivity contribution in [3.05, 3.63) is 103 Å². The van der Waals surface area contributed by atoms with Gasteiger partial charge in [0.1, 0.15) is 5.02 Å². The largest absolute Gasteiger partial charge is 0.478 e. The number of pyridine rings is 1. The average molecular weight is 440 g/mol. The molecule has 2 aromatic carbocycles. The van der Waals surface area contributed by atoms with Gasteiger partial charge in [-0.2, -0.15) is 0 Å². The van der Waals surface area contributed by atoms with Crippen molar-refractivity contribution in [1.82, 2.24) is 4.57 Å². The van der Waals surface area contributed by atoms with Crippen LogP contribution in [0.25, 0.3) is 11.6 Å². The highest BCUT2D eigenvalue weighted by Crippen LogP contribution is 2.34. The Morgan fingerprint density at radius 3 is 2.50 bits per heavy atom. The number of halogens is 2. The molecule has 6 heteroatoms. The van der Waals surface area contributed by atoms with Gasteiger partial charge in [-0.15, -0.1) is 0 Å². The van der Waals surface area contributed by atoms with Gasteiger partial charge in [0, 0.05) is 6.54 Å². The number of aromatic carboxylic acids is 1. The standard InChI is InChI=1S/C24H19Cl2NO3/c25-20-14-21(26)23(28)27(12-11-15-5-7-17(8-6-15)24(29)30)22(20)13-18-10-9-16-3-1-2-4-19(16)18/h1-8,13-14H,9-12H2,(H,29,30)/b18-13+. The van der Waals surface area contributed by atoms with E-state index >= 15 is 0 Å². The number of carboxylic acids is 1. The highest BCUT2D eigenvalue weighted by Gasteiger charge is 2.18. The number of carboxylic acid groups (broad SMARTS) is 1. The van der Waals surface area contributed by atoms with Crippen LogP contribution >= 0.6 is 23.2 Å². The first kappa shape index (κ1) is 20.5. The maximum atomic E-state index is 12.8. The van der Waals surface area contributed by atoms with Crippen LogP contribution in [0.1, 0.15) is 39.2 Å². The molecule has 0 fully saturated rings. The average Bonchev–Trinajstić information content (AvgIpc) is 3.15. The Hall–Kier alpha value is -2.82. The van der Waals surface area contributed by atoms with E-state index in [0.29, 0.717) is 23.7 Å². The Morgan fingerprint density at radius 1 is 1.03 bits per heavy atom. The van der Waals surface area contributed by atoms with Crippen LogP contribution in [0.15, 0.2) is 59.4 Å². The lowest BCUT2D eigenvalue weighted by atomic mass is 10.1. The van der Waals surface area contributed by atoms with Crippen LogP contribution in [0.3, 0.4) is 0 Å². The number of aryl methyl sites for hydroxylation is 2. The van der Waals surface area contributed by atoms with Gasteiger partial charge in [-0.25, -0.2) is 4.79 Å². The molecule has 0 spiro atoms. The smallest absolute Gasteiger partial charge is 0.335 e. The van der Waals surface area contributed by atoms with Crippen molar-refractivity contribution in [2.75, 3.05) is 0 Å². The predicted octanol–water partition coefficient (Wildman–Crippen LogP) is 5.58. The topological polar surface area (TPSA) is 59.3 Å². The maximum Gasteiger partial charge on any atom is 0.335 e. The van der Waals surface area contributed by atoms with Crippen LogP contribution in [0, 0.1) is 0 Å². The number of aromatic nitrogens is 1. The molecule has 1 aliphatic carbocycles. The number of hydrogen-bond donors (Lipinski definition) is 1. The second-order valence-corrected chi connectivity index (χ2v) is 8.08. The molecule has 0 bridgehead atoms. The van der Waals surface area contributed by atoms with E-state index in [-0.39, 0.29) is 16.1 Å². The van der Waals surface area contributed by atoms with Crippen LogP contribution < -0.4 is 5.56 Å². The first-order chi connectivity index (χ1) is 14.4. The minimum absolute atomic E-state index is 0.0789. The molecule has 0 aliphatic heterocycles. The zero-order chi connectivity index (χ0) is 21.3. The number of fused-ring (bicyclic) bond motifs is 1. The molecule has 1 N–H and O–H groups in total. The fraction of sp³-hybridized carbons (Fsp3) is 0.167. The normalized spacial score (nSPS) is 14.1. The number of allylic oxidation sites excluding steroid dienone is 1. The fourth-order valence-electron chi connectivity index (χ4n) is 3.81. The molecular formula is C24H19Cl2NO3. The van der Waals surface area contributed by atoms with Crippen molar-refractivity contribution >= 4 is 40.8 Å². The SMILES string of the molecule is O=C(O)c1ccc(CCn2c(/C=C3\CCc4ccccc43)c(Cl)cc(Cl)c2=O)cc1. The van der Waals surface area contributed by atoms with Crippen molar-refractivity contribution < 1.29 is 9.90 Å². The summed E-state index contributed by atoms with van der Waals surface area (Å²) in [5.74, 6) is -0.967. The Bertz CT molecular complexity index is 1210. The van der Waals surface area contributed by atoms with Crippen molar-refractivity contribution in [3.63, 3.8) is 0 Å². The highest BCUT2D eigenvalue weighted by atomic mass is 35.5. The summed E-state index contributed by atoms with van der Waals surface area (Å²) in [6.07, 6.45) is 4.39. The van der Waals surface area contributed by atoms with Crippen molar-refractivity contribution in [2.24, 2.45) is 0 Å². The second-order valence-electron chi connectivity index (χ2n) is 7.26. The predicted molar refractivity (Wildman–Crippen MR) is 120 cm³/mol. The highest BCUT2D eigenvalue weighted by molar-refractivity contribution is 6.35. The van der Waals surface area contributed by atoms with E-state index in [1.807, 2.05) is 18.2 Å². The molecule has 0 amide bonds. The fourth-order valence-corrected chi connectivity index (χ4v) is 4.34. The molecule has 0 saturated heterocycles. The molecule has 1 aromatic heterocycles. The first-order valence-electron chi connectivity index (χ1n) is 9.64. The molecule has 0 atom stereocenters. The lowest BCUT2D eigenvalue weighted by molar-refractivity contribution is 0.0697. The minimum Gasteiger partial charge on any atom is -0.478 e. The first-order valence-corrected chi connectivity index (χ1v) is 10.4. The van der Waals surface area contributed by atoms with Gasteiger partial charge in [-0.1, -0.05) is 59.6 Å². The Kier molecular flexibility index (Phi) is 5.80. The van der Waals surface area contributed by atoms with Gasteiger partial charge in [-0.05, 0) is 65.8 Å². The monoisotopic (exact) mass is 439 g/mol. The summed E-state index contributed by atoms with van der Waals surface area (Å²) < 4.78 is 1.60. The molecule has 0 radical (unpaired) electrons. The van der Waals surface area contributed by atoms with E-state index < -0.39 is 5.97 Å². The number of nitrogens with zero attached hydrogens (tertiary/aromatic N) is 1. The minimum atomic E-state index is -0.967. The van der Waals surface area contributed by atoms with E-state index in [9.17, 15) is 9.59 Å². The molecule has 0 saturated carbocycles. The van der Waals surface area contributed by atoms with E-state index in [4.69, 9.17) is 28.3 Å². The van der Waals surface area contributed by atoms with Crippen LogP contribution in [0.2, 0.25) is 10.0 Å². The third-order valence-corrected chi connectivity index (χ3v) is 5.97. The van der Waals surface area contributed by atoms with Gasteiger partial charge in [0.15, 0.2) is 0 Å². The molecule has 4 nitrogen and oxygen atoms in total. The van der Waals surface area contributed by atoms with E-state index in [2.05, 4.69) is 12.1 Å². The number of benzene rings is 2. The van der Waals surface area contributed by atoms with E-state index in [1.54, 1.807) is 28.8 Å². The summed E-state index contributed by atoms with van der Waals surface area (Å²) in [7, 11) is 0. The lowest BCUT2D eigenvalue weighted by Crippen LogP contribution is -2.24. The van der Waals surface area contributed by atoms with Gasteiger partial charge >= 0.3 is 5.97 Å². The molecule has 1 heterocycles. The second kappa shape index (κ2) is 8.50. The van der Waals surface area contributed by atoms with Gasteiger partial charge in [0.2, 0.25) is 0 Å². The summed E-state index contributed by atoms with van der Waals surface area (Å²) in [6, 6.07) is 16.4.